The third kappa shape index (κ3) is 2.58. The standard InChI is InChI=1S/C17H28N2O2/c1-4-10(2)15-17(21)19(11(3)16(20)18-15)9-14-8-12-5-6-13(14)7-12/h10-15H,4-9H2,1-3H3,(H,18,20). The van der Waals surface area contributed by atoms with E-state index in [2.05, 4.69) is 19.2 Å². The number of hydrogen-bond donors (Lipinski definition) is 1. The molecule has 0 radical (unpaired) electrons. The molecule has 6 atom stereocenters. The van der Waals surface area contributed by atoms with E-state index in [1.165, 1.54) is 25.7 Å². The maximum absolute atomic E-state index is 12.8. The van der Waals surface area contributed by atoms with Gasteiger partial charge in [0.05, 0.1) is 0 Å². The lowest BCUT2D eigenvalue weighted by atomic mass is 9.87. The quantitative estimate of drug-likeness (QED) is 0.863. The van der Waals surface area contributed by atoms with E-state index in [0.717, 1.165) is 24.8 Å². The van der Waals surface area contributed by atoms with E-state index in [0.29, 0.717) is 5.92 Å². The monoisotopic (exact) mass is 292 g/mol. The Morgan fingerprint density at radius 2 is 2.05 bits per heavy atom. The predicted molar refractivity (Wildman–Crippen MR) is 81.5 cm³/mol. The number of carbonyl (C=O) groups excluding carboxylic acids is 2. The van der Waals surface area contributed by atoms with Crippen LogP contribution in [0.3, 0.4) is 0 Å². The molecule has 1 heterocycles. The summed E-state index contributed by atoms with van der Waals surface area (Å²) in [6, 6.07) is -0.630. The van der Waals surface area contributed by atoms with E-state index in [1.807, 2.05) is 11.8 Å². The van der Waals surface area contributed by atoms with Gasteiger partial charge in [-0.2, -0.15) is 0 Å². The minimum Gasteiger partial charge on any atom is -0.342 e. The summed E-state index contributed by atoms with van der Waals surface area (Å²) in [5.74, 6) is 2.66. The number of amides is 2. The van der Waals surface area contributed by atoms with Crippen LogP contribution in [0.5, 0.6) is 0 Å². The Balaban J connectivity index is 1.72. The molecule has 3 aliphatic rings. The lowest BCUT2D eigenvalue weighted by Gasteiger charge is -2.41. The highest BCUT2D eigenvalue weighted by atomic mass is 16.2. The van der Waals surface area contributed by atoms with Gasteiger partial charge < -0.3 is 10.2 Å². The highest BCUT2D eigenvalue weighted by Gasteiger charge is 2.45. The first-order chi connectivity index (χ1) is 10.0. The molecule has 6 unspecified atom stereocenters. The van der Waals surface area contributed by atoms with Crippen LogP contribution in [0.25, 0.3) is 0 Å². The Bertz CT molecular complexity index is 437. The van der Waals surface area contributed by atoms with Crippen molar-refractivity contribution >= 4 is 11.8 Å². The molecule has 0 aromatic carbocycles. The normalized spacial score (nSPS) is 40.5. The largest absolute Gasteiger partial charge is 0.342 e. The van der Waals surface area contributed by atoms with Gasteiger partial charge in [0.2, 0.25) is 11.8 Å². The molecule has 1 N–H and O–H groups in total. The van der Waals surface area contributed by atoms with E-state index in [4.69, 9.17) is 0 Å². The molecule has 4 heteroatoms. The van der Waals surface area contributed by atoms with Gasteiger partial charge in [-0.15, -0.1) is 0 Å². The minimum atomic E-state index is -0.322. The van der Waals surface area contributed by atoms with Crippen LogP contribution in [0.2, 0.25) is 0 Å². The molecule has 2 aliphatic carbocycles. The number of hydrogen-bond acceptors (Lipinski definition) is 2. The van der Waals surface area contributed by atoms with Gasteiger partial charge in [0, 0.05) is 6.54 Å². The summed E-state index contributed by atoms with van der Waals surface area (Å²) in [5, 5.41) is 2.93. The summed E-state index contributed by atoms with van der Waals surface area (Å²) >= 11 is 0. The summed E-state index contributed by atoms with van der Waals surface area (Å²) in [6.07, 6.45) is 6.22. The first-order valence-electron chi connectivity index (χ1n) is 8.62. The van der Waals surface area contributed by atoms with Crippen LogP contribution in [0.1, 0.15) is 52.9 Å². The Morgan fingerprint density at radius 3 is 2.62 bits per heavy atom. The molecule has 2 bridgehead atoms. The summed E-state index contributed by atoms with van der Waals surface area (Å²) in [5.41, 5.74) is 0. The van der Waals surface area contributed by atoms with Crippen molar-refractivity contribution in [3.05, 3.63) is 0 Å². The zero-order chi connectivity index (χ0) is 15.1. The molecule has 1 aliphatic heterocycles. The van der Waals surface area contributed by atoms with Crippen LogP contribution in [-0.4, -0.2) is 35.3 Å². The molecule has 118 valence electrons. The fourth-order valence-electron chi connectivity index (χ4n) is 4.57. The second-order valence-corrected chi connectivity index (χ2v) is 7.47. The molecule has 3 rings (SSSR count). The molecule has 0 aromatic rings. The molecule has 4 nitrogen and oxygen atoms in total. The van der Waals surface area contributed by atoms with E-state index < -0.39 is 0 Å². The van der Waals surface area contributed by atoms with Crippen molar-refractivity contribution in [2.45, 2.75) is 65.0 Å². The molecule has 0 aromatic heterocycles. The first-order valence-corrected chi connectivity index (χ1v) is 8.62. The van der Waals surface area contributed by atoms with Gasteiger partial charge in [0.1, 0.15) is 12.1 Å². The number of nitrogens with one attached hydrogen (secondary N) is 1. The Morgan fingerprint density at radius 1 is 1.29 bits per heavy atom. The average molecular weight is 292 g/mol. The minimum absolute atomic E-state index is 0.0167. The molecule has 2 amide bonds. The van der Waals surface area contributed by atoms with Crippen molar-refractivity contribution in [2.24, 2.45) is 23.7 Å². The Labute approximate surface area is 127 Å². The van der Waals surface area contributed by atoms with Crippen molar-refractivity contribution in [2.75, 3.05) is 6.54 Å². The van der Waals surface area contributed by atoms with Crippen LogP contribution in [0, 0.1) is 23.7 Å². The summed E-state index contributed by atoms with van der Waals surface area (Å²) < 4.78 is 0. The molecular formula is C17H28N2O2. The SMILES string of the molecule is CCC(C)C1NC(=O)C(C)N(CC2CC3CCC2C3)C1=O. The van der Waals surface area contributed by atoms with Gasteiger partial charge in [0.25, 0.3) is 0 Å². The average Bonchev–Trinajstić information content (AvgIpc) is 3.09. The molecular weight excluding hydrogens is 264 g/mol. The fraction of sp³-hybridized carbons (Fsp3) is 0.882. The Kier molecular flexibility index (Phi) is 3.98. The van der Waals surface area contributed by atoms with Crippen LogP contribution in [0.4, 0.5) is 0 Å². The lowest BCUT2D eigenvalue weighted by molar-refractivity contribution is -0.151. The summed E-state index contributed by atoms with van der Waals surface area (Å²) in [6.45, 7) is 6.78. The van der Waals surface area contributed by atoms with Crippen molar-refractivity contribution in [3.63, 3.8) is 0 Å². The van der Waals surface area contributed by atoms with Gasteiger partial charge >= 0.3 is 0 Å². The smallest absolute Gasteiger partial charge is 0.246 e. The molecule has 0 spiro atoms. The summed E-state index contributed by atoms with van der Waals surface area (Å²) in [7, 11) is 0. The zero-order valence-corrected chi connectivity index (χ0v) is 13.5. The maximum Gasteiger partial charge on any atom is 0.246 e. The van der Waals surface area contributed by atoms with Crippen molar-refractivity contribution in [1.82, 2.24) is 10.2 Å². The van der Waals surface area contributed by atoms with Crippen LogP contribution < -0.4 is 5.32 Å². The van der Waals surface area contributed by atoms with Crippen molar-refractivity contribution < 1.29 is 9.59 Å². The fourth-order valence-corrected chi connectivity index (χ4v) is 4.57. The van der Waals surface area contributed by atoms with E-state index in [1.54, 1.807) is 0 Å². The van der Waals surface area contributed by atoms with Gasteiger partial charge in [-0.05, 0) is 49.9 Å². The van der Waals surface area contributed by atoms with Crippen molar-refractivity contribution in [1.29, 1.82) is 0 Å². The number of nitrogens with zero attached hydrogens (tertiary/aromatic N) is 1. The Hall–Kier alpha value is -1.06. The van der Waals surface area contributed by atoms with Crippen LogP contribution in [-0.2, 0) is 9.59 Å². The predicted octanol–water partition coefficient (Wildman–Crippen LogP) is 2.18. The number of carbonyl (C=O) groups is 2. The molecule has 2 saturated carbocycles. The topological polar surface area (TPSA) is 49.4 Å². The molecule has 21 heavy (non-hydrogen) atoms. The number of piperazine rings is 1. The van der Waals surface area contributed by atoms with Crippen LogP contribution >= 0.6 is 0 Å². The van der Waals surface area contributed by atoms with Gasteiger partial charge in [-0.1, -0.05) is 26.7 Å². The number of rotatable bonds is 4. The zero-order valence-electron chi connectivity index (χ0n) is 13.5. The van der Waals surface area contributed by atoms with Crippen LogP contribution in [0.15, 0.2) is 0 Å². The highest BCUT2D eigenvalue weighted by molar-refractivity contribution is 5.96. The van der Waals surface area contributed by atoms with E-state index >= 15 is 0 Å². The first kappa shape index (κ1) is 14.9. The number of fused-ring (bicyclic) bond motifs is 2. The van der Waals surface area contributed by atoms with Gasteiger partial charge in [-0.25, -0.2) is 0 Å². The van der Waals surface area contributed by atoms with E-state index in [9.17, 15) is 9.59 Å². The van der Waals surface area contributed by atoms with Crippen molar-refractivity contribution in [3.8, 4) is 0 Å². The lowest BCUT2D eigenvalue weighted by Crippen LogP contribution is -2.64. The summed E-state index contributed by atoms with van der Waals surface area (Å²) in [4.78, 5) is 26.9. The van der Waals surface area contributed by atoms with Gasteiger partial charge in [0.15, 0.2) is 0 Å². The third-order valence-electron chi connectivity index (χ3n) is 6.22. The maximum atomic E-state index is 12.8. The van der Waals surface area contributed by atoms with Gasteiger partial charge in [-0.3, -0.25) is 9.59 Å². The second kappa shape index (κ2) is 5.62. The molecule has 1 saturated heterocycles. The van der Waals surface area contributed by atoms with E-state index in [-0.39, 0.29) is 29.8 Å². The second-order valence-electron chi connectivity index (χ2n) is 7.47. The third-order valence-corrected chi connectivity index (χ3v) is 6.22. The highest BCUT2D eigenvalue weighted by Crippen LogP contribution is 2.48. The molecule has 3 fully saturated rings.